The maximum Gasteiger partial charge on any atom is 0.336 e. The van der Waals surface area contributed by atoms with Gasteiger partial charge in [-0.05, 0) is 55.9 Å². The molecule has 2 heterocycles. The molecule has 0 radical (unpaired) electrons. The molecule has 1 aromatic carbocycles. The van der Waals surface area contributed by atoms with E-state index in [-0.39, 0.29) is 0 Å². The summed E-state index contributed by atoms with van der Waals surface area (Å²) in [6, 6.07) is 8.26. The first-order valence-electron chi connectivity index (χ1n) is 7.63. The van der Waals surface area contributed by atoms with E-state index in [1.165, 1.54) is 25.7 Å². The number of carbonyl (C=O) groups is 1. The summed E-state index contributed by atoms with van der Waals surface area (Å²) in [5.74, 6) is -0.0456. The number of hydrogen-bond acceptors (Lipinski definition) is 3. The SMILES string of the molecule is O=C(O)c1ccnc2ccc(N3CCC[C@@H]3C3CC3)cc12. The average Bonchev–Trinajstić information content (AvgIpc) is 3.23. The summed E-state index contributed by atoms with van der Waals surface area (Å²) in [6.45, 7) is 1.08. The van der Waals surface area contributed by atoms with Gasteiger partial charge in [-0.15, -0.1) is 0 Å². The molecule has 1 saturated heterocycles. The fourth-order valence-corrected chi connectivity index (χ4v) is 3.58. The molecule has 1 saturated carbocycles. The van der Waals surface area contributed by atoms with Crippen molar-refractivity contribution in [2.45, 2.75) is 31.7 Å². The second-order valence-electron chi connectivity index (χ2n) is 6.11. The molecule has 2 aliphatic rings. The highest BCUT2D eigenvalue weighted by molar-refractivity contribution is 6.03. The Morgan fingerprint density at radius 3 is 2.86 bits per heavy atom. The second-order valence-corrected chi connectivity index (χ2v) is 6.11. The van der Waals surface area contributed by atoms with Gasteiger partial charge in [-0.3, -0.25) is 4.98 Å². The number of fused-ring (bicyclic) bond motifs is 1. The zero-order chi connectivity index (χ0) is 14.4. The van der Waals surface area contributed by atoms with Crippen LogP contribution < -0.4 is 4.90 Å². The van der Waals surface area contributed by atoms with Gasteiger partial charge in [-0.2, -0.15) is 0 Å². The van der Waals surface area contributed by atoms with Crippen LogP contribution >= 0.6 is 0 Å². The monoisotopic (exact) mass is 282 g/mol. The molecule has 1 aromatic heterocycles. The summed E-state index contributed by atoms with van der Waals surface area (Å²) in [7, 11) is 0. The Bertz CT molecular complexity index is 709. The Balaban J connectivity index is 1.79. The number of pyridine rings is 1. The Morgan fingerprint density at radius 1 is 1.24 bits per heavy atom. The van der Waals surface area contributed by atoms with Crippen LogP contribution in [0.15, 0.2) is 30.5 Å². The Hall–Kier alpha value is -2.10. The number of rotatable bonds is 3. The Morgan fingerprint density at radius 2 is 2.10 bits per heavy atom. The van der Waals surface area contributed by atoms with E-state index in [1.54, 1.807) is 12.3 Å². The maximum atomic E-state index is 11.4. The molecule has 1 aliphatic heterocycles. The number of benzene rings is 1. The van der Waals surface area contributed by atoms with Gasteiger partial charge in [-0.25, -0.2) is 4.79 Å². The lowest BCUT2D eigenvalue weighted by atomic mass is 10.1. The quantitative estimate of drug-likeness (QED) is 0.938. The highest BCUT2D eigenvalue weighted by Gasteiger charge is 2.38. The molecule has 2 aromatic rings. The molecule has 0 bridgehead atoms. The highest BCUT2D eigenvalue weighted by Crippen LogP contribution is 2.42. The summed E-state index contributed by atoms with van der Waals surface area (Å²) in [4.78, 5) is 18.1. The summed E-state index contributed by atoms with van der Waals surface area (Å²) in [6.07, 6.45) is 6.75. The highest BCUT2D eigenvalue weighted by atomic mass is 16.4. The molecule has 2 fully saturated rings. The Labute approximate surface area is 123 Å². The van der Waals surface area contributed by atoms with Crippen molar-refractivity contribution in [2.75, 3.05) is 11.4 Å². The molecule has 0 unspecified atom stereocenters. The molecular formula is C17H18N2O2. The van der Waals surface area contributed by atoms with Gasteiger partial charge in [0.1, 0.15) is 0 Å². The molecule has 4 rings (SSSR count). The van der Waals surface area contributed by atoms with Crippen LogP contribution in [-0.4, -0.2) is 28.6 Å². The number of carboxylic acid groups (broad SMARTS) is 1. The fourth-order valence-electron chi connectivity index (χ4n) is 3.58. The van der Waals surface area contributed by atoms with E-state index in [1.807, 2.05) is 12.1 Å². The van der Waals surface area contributed by atoms with E-state index < -0.39 is 5.97 Å². The van der Waals surface area contributed by atoms with Crippen molar-refractivity contribution in [3.05, 3.63) is 36.0 Å². The summed E-state index contributed by atoms with van der Waals surface area (Å²) >= 11 is 0. The van der Waals surface area contributed by atoms with Gasteiger partial charge < -0.3 is 10.0 Å². The minimum atomic E-state index is -0.889. The van der Waals surface area contributed by atoms with Crippen molar-refractivity contribution in [1.29, 1.82) is 0 Å². The van der Waals surface area contributed by atoms with Crippen molar-refractivity contribution in [1.82, 2.24) is 4.98 Å². The molecule has 4 nitrogen and oxygen atoms in total. The van der Waals surface area contributed by atoms with Crippen LogP contribution in [0.2, 0.25) is 0 Å². The lowest BCUT2D eigenvalue weighted by Crippen LogP contribution is -2.30. The standard InChI is InChI=1S/C17H18N2O2/c20-17(21)13-7-8-18-15-6-5-12(10-14(13)15)19-9-1-2-16(19)11-3-4-11/h5-8,10-11,16H,1-4,9H2,(H,20,21)/t16-/m1/s1. The van der Waals surface area contributed by atoms with E-state index >= 15 is 0 Å². The number of nitrogens with zero attached hydrogens (tertiary/aromatic N) is 2. The molecule has 108 valence electrons. The summed E-state index contributed by atoms with van der Waals surface area (Å²) < 4.78 is 0. The smallest absolute Gasteiger partial charge is 0.336 e. The van der Waals surface area contributed by atoms with Crippen molar-refractivity contribution >= 4 is 22.6 Å². The topological polar surface area (TPSA) is 53.4 Å². The van der Waals surface area contributed by atoms with Crippen molar-refractivity contribution in [3.63, 3.8) is 0 Å². The van der Waals surface area contributed by atoms with Crippen LogP contribution in [0.5, 0.6) is 0 Å². The van der Waals surface area contributed by atoms with Gasteiger partial charge in [0.15, 0.2) is 0 Å². The molecular weight excluding hydrogens is 264 g/mol. The lowest BCUT2D eigenvalue weighted by Gasteiger charge is -2.27. The first-order chi connectivity index (χ1) is 10.2. The van der Waals surface area contributed by atoms with E-state index in [9.17, 15) is 9.90 Å². The van der Waals surface area contributed by atoms with Gasteiger partial charge in [0.2, 0.25) is 0 Å². The predicted octanol–water partition coefficient (Wildman–Crippen LogP) is 3.31. The maximum absolute atomic E-state index is 11.4. The third kappa shape index (κ3) is 2.15. The van der Waals surface area contributed by atoms with Gasteiger partial charge in [0.05, 0.1) is 11.1 Å². The van der Waals surface area contributed by atoms with Gasteiger partial charge >= 0.3 is 5.97 Å². The second kappa shape index (κ2) is 4.72. The van der Waals surface area contributed by atoms with Crippen LogP contribution in [0, 0.1) is 5.92 Å². The van der Waals surface area contributed by atoms with E-state index in [2.05, 4.69) is 16.0 Å². The fraction of sp³-hybridized carbons (Fsp3) is 0.412. The van der Waals surface area contributed by atoms with Crippen LogP contribution in [0.25, 0.3) is 10.9 Å². The van der Waals surface area contributed by atoms with E-state index in [0.717, 1.165) is 29.1 Å². The number of hydrogen-bond donors (Lipinski definition) is 1. The van der Waals surface area contributed by atoms with Gasteiger partial charge in [0.25, 0.3) is 0 Å². The van der Waals surface area contributed by atoms with Crippen LogP contribution in [0.1, 0.15) is 36.0 Å². The number of aromatic nitrogens is 1. The van der Waals surface area contributed by atoms with Crippen molar-refractivity contribution in [2.24, 2.45) is 5.92 Å². The first kappa shape index (κ1) is 12.6. The molecule has 1 atom stereocenters. The lowest BCUT2D eigenvalue weighted by molar-refractivity contribution is 0.0699. The van der Waals surface area contributed by atoms with E-state index in [4.69, 9.17) is 0 Å². The minimum Gasteiger partial charge on any atom is -0.478 e. The normalized spacial score (nSPS) is 21.9. The van der Waals surface area contributed by atoms with Crippen LogP contribution in [0.3, 0.4) is 0 Å². The van der Waals surface area contributed by atoms with Gasteiger partial charge in [0, 0.05) is 29.9 Å². The predicted molar refractivity (Wildman–Crippen MR) is 81.8 cm³/mol. The minimum absolute atomic E-state index is 0.337. The molecule has 0 spiro atoms. The zero-order valence-electron chi connectivity index (χ0n) is 11.8. The van der Waals surface area contributed by atoms with Crippen molar-refractivity contribution < 1.29 is 9.90 Å². The average molecular weight is 282 g/mol. The molecule has 1 aliphatic carbocycles. The van der Waals surface area contributed by atoms with E-state index in [0.29, 0.717) is 11.6 Å². The molecule has 4 heteroatoms. The first-order valence-corrected chi connectivity index (χ1v) is 7.63. The zero-order valence-corrected chi connectivity index (χ0v) is 11.8. The van der Waals surface area contributed by atoms with Crippen molar-refractivity contribution in [3.8, 4) is 0 Å². The Kier molecular flexibility index (Phi) is 2.84. The largest absolute Gasteiger partial charge is 0.478 e. The van der Waals surface area contributed by atoms with Crippen LogP contribution in [-0.2, 0) is 0 Å². The summed E-state index contributed by atoms with van der Waals surface area (Å²) in [5, 5.41) is 10.1. The molecule has 21 heavy (non-hydrogen) atoms. The number of aromatic carboxylic acids is 1. The molecule has 0 amide bonds. The number of carboxylic acids is 1. The third-order valence-corrected chi connectivity index (χ3v) is 4.75. The molecule has 1 N–H and O–H groups in total. The number of anilines is 1. The summed E-state index contributed by atoms with van der Waals surface area (Å²) in [5.41, 5.74) is 2.23. The van der Waals surface area contributed by atoms with Crippen LogP contribution in [0.4, 0.5) is 5.69 Å². The van der Waals surface area contributed by atoms with Gasteiger partial charge in [-0.1, -0.05) is 0 Å². The third-order valence-electron chi connectivity index (χ3n) is 4.75.